The Labute approximate surface area is 153 Å². The Bertz CT molecular complexity index is 888. The number of hydrogen-bond acceptors (Lipinski definition) is 3. The maximum atomic E-state index is 11.8. The molecule has 0 saturated heterocycles. The molecule has 0 aliphatic heterocycles. The van der Waals surface area contributed by atoms with Crippen molar-refractivity contribution in [1.82, 2.24) is 5.43 Å². The Hall–Kier alpha value is -3.40. The second-order valence-corrected chi connectivity index (χ2v) is 5.89. The van der Waals surface area contributed by atoms with E-state index in [2.05, 4.69) is 22.7 Å². The summed E-state index contributed by atoms with van der Waals surface area (Å²) in [5.74, 6) is 0.365. The first kappa shape index (κ1) is 17.4. The van der Waals surface area contributed by atoms with Gasteiger partial charge in [-0.2, -0.15) is 5.10 Å². The van der Waals surface area contributed by atoms with Gasteiger partial charge in [-0.1, -0.05) is 66.7 Å². The van der Waals surface area contributed by atoms with Crippen molar-refractivity contribution < 1.29 is 9.53 Å². The highest BCUT2D eigenvalue weighted by atomic mass is 16.5. The van der Waals surface area contributed by atoms with Gasteiger partial charge >= 0.3 is 0 Å². The van der Waals surface area contributed by atoms with E-state index in [1.165, 1.54) is 0 Å². The van der Waals surface area contributed by atoms with Gasteiger partial charge in [-0.15, -0.1) is 0 Å². The highest BCUT2D eigenvalue weighted by molar-refractivity contribution is 5.83. The van der Waals surface area contributed by atoms with Gasteiger partial charge in [0.05, 0.1) is 6.21 Å². The Morgan fingerprint density at radius 3 is 2.42 bits per heavy atom. The molecular formula is C22H20N2O2. The average Bonchev–Trinajstić information content (AvgIpc) is 2.68. The maximum Gasteiger partial charge on any atom is 0.277 e. The summed E-state index contributed by atoms with van der Waals surface area (Å²) < 4.78 is 5.43. The fourth-order valence-corrected chi connectivity index (χ4v) is 2.46. The topological polar surface area (TPSA) is 50.7 Å². The predicted octanol–water partition coefficient (Wildman–Crippen LogP) is 4.19. The summed E-state index contributed by atoms with van der Waals surface area (Å²) in [7, 11) is 0. The van der Waals surface area contributed by atoms with Crippen LogP contribution < -0.4 is 10.2 Å². The molecule has 1 N–H and O–H groups in total. The van der Waals surface area contributed by atoms with Gasteiger partial charge < -0.3 is 4.74 Å². The number of nitrogens with one attached hydrogen (secondary N) is 1. The number of carbonyl (C=O) groups is 1. The van der Waals surface area contributed by atoms with Crippen molar-refractivity contribution in [3.05, 3.63) is 90.0 Å². The van der Waals surface area contributed by atoms with Gasteiger partial charge in [-0.25, -0.2) is 5.43 Å². The first-order valence-electron chi connectivity index (χ1n) is 8.37. The summed E-state index contributed by atoms with van der Waals surface area (Å²) in [6.45, 7) is 1.90. The van der Waals surface area contributed by atoms with Crippen LogP contribution in [0.5, 0.6) is 5.75 Å². The van der Waals surface area contributed by atoms with Gasteiger partial charge in [0.25, 0.3) is 5.91 Å². The molecule has 0 atom stereocenters. The van der Waals surface area contributed by atoms with E-state index in [0.717, 1.165) is 22.3 Å². The van der Waals surface area contributed by atoms with Gasteiger partial charge in [0.2, 0.25) is 0 Å². The Morgan fingerprint density at radius 2 is 1.69 bits per heavy atom. The van der Waals surface area contributed by atoms with Crippen molar-refractivity contribution in [2.75, 3.05) is 6.61 Å². The van der Waals surface area contributed by atoms with Crippen LogP contribution in [0.15, 0.2) is 84.0 Å². The predicted molar refractivity (Wildman–Crippen MR) is 104 cm³/mol. The van der Waals surface area contributed by atoms with E-state index in [0.29, 0.717) is 5.75 Å². The lowest BCUT2D eigenvalue weighted by Crippen LogP contribution is -2.24. The molecule has 0 bridgehead atoms. The van der Waals surface area contributed by atoms with Crippen molar-refractivity contribution in [2.45, 2.75) is 6.92 Å². The zero-order valence-corrected chi connectivity index (χ0v) is 14.6. The molecule has 3 aromatic rings. The summed E-state index contributed by atoms with van der Waals surface area (Å²) in [4.78, 5) is 11.8. The molecule has 0 fully saturated rings. The quantitative estimate of drug-likeness (QED) is 0.538. The number of ether oxygens (including phenoxy) is 1. The molecule has 0 spiro atoms. The third kappa shape index (κ3) is 5.05. The number of carbonyl (C=O) groups excluding carboxylic acids is 1. The lowest BCUT2D eigenvalue weighted by atomic mass is 10.0. The lowest BCUT2D eigenvalue weighted by Gasteiger charge is -2.05. The van der Waals surface area contributed by atoms with E-state index in [1.807, 2.05) is 73.7 Å². The second kappa shape index (κ2) is 8.62. The molecule has 3 aromatic carbocycles. The van der Waals surface area contributed by atoms with Crippen LogP contribution in [-0.2, 0) is 4.79 Å². The largest absolute Gasteiger partial charge is 0.484 e. The summed E-state index contributed by atoms with van der Waals surface area (Å²) in [6, 6.07) is 25.7. The van der Waals surface area contributed by atoms with Gasteiger partial charge in [0, 0.05) is 0 Å². The van der Waals surface area contributed by atoms with Gasteiger partial charge in [-0.05, 0) is 41.3 Å². The summed E-state index contributed by atoms with van der Waals surface area (Å²) in [6.07, 6.45) is 1.61. The van der Waals surface area contributed by atoms with Crippen molar-refractivity contribution >= 4 is 12.1 Å². The first-order chi connectivity index (χ1) is 12.7. The van der Waals surface area contributed by atoms with E-state index in [1.54, 1.807) is 6.21 Å². The Kier molecular flexibility index (Phi) is 5.78. The molecule has 0 unspecified atom stereocenters. The van der Waals surface area contributed by atoms with Crippen LogP contribution in [0, 0.1) is 6.92 Å². The van der Waals surface area contributed by atoms with Crippen LogP contribution in [0.4, 0.5) is 0 Å². The van der Waals surface area contributed by atoms with Crippen LogP contribution in [0.1, 0.15) is 11.1 Å². The minimum atomic E-state index is -0.302. The molecule has 3 rings (SSSR count). The highest BCUT2D eigenvalue weighted by Gasteiger charge is 2.01. The van der Waals surface area contributed by atoms with Gasteiger partial charge in [0.15, 0.2) is 6.61 Å². The number of nitrogens with zero attached hydrogens (tertiary/aromatic N) is 1. The molecule has 0 heterocycles. The molecule has 0 aromatic heterocycles. The molecule has 0 aliphatic carbocycles. The molecule has 0 aliphatic rings. The number of aryl methyl sites for hydroxylation is 1. The highest BCUT2D eigenvalue weighted by Crippen LogP contribution is 2.18. The van der Waals surface area contributed by atoms with Crippen molar-refractivity contribution in [3.63, 3.8) is 0 Å². The summed E-state index contributed by atoms with van der Waals surface area (Å²) >= 11 is 0. The third-order valence-corrected chi connectivity index (χ3v) is 3.78. The normalized spacial score (nSPS) is 10.7. The molecule has 0 saturated carbocycles. The van der Waals surface area contributed by atoms with Crippen LogP contribution in [0.2, 0.25) is 0 Å². The summed E-state index contributed by atoms with van der Waals surface area (Å²) in [5, 5.41) is 3.97. The molecule has 4 heteroatoms. The molecular weight excluding hydrogens is 324 g/mol. The Morgan fingerprint density at radius 1 is 0.962 bits per heavy atom. The minimum Gasteiger partial charge on any atom is -0.484 e. The van der Waals surface area contributed by atoms with E-state index in [4.69, 9.17) is 4.74 Å². The smallest absolute Gasteiger partial charge is 0.277 e. The van der Waals surface area contributed by atoms with Crippen LogP contribution >= 0.6 is 0 Å². The standard InChI is InChI=1S/C22H20N2O2/c1-17-6-5-9-21(14-17)26-16-22(25)24-23-15-18-10-12-20(13-11-18)19-7-3-2-4-8-19/h2-15H,16H2,1H3,(H,24,25)/b23-15+. The summed E-state index contributed by atoms with van der Waals surface area (Å²) in [5.41, 5.74) is 6.76. The van der Waals surface area contributed by atoms with Crippen LogP contribution in [0.3, 0.4) is 0 Å². The molecule has 4 nitrogen and oxygen atoms in total. The zero-order valence-electron chi connectivity index (χ0n) is 14.6. The zero-order chi connectivity index (χ0) is 18.2. The average molecular weight is 344 g/mol. The maximum absolute atomic E-state index is 11.8. The number of rotatable bonds is 6. The monoisotopic (exact) mass is 344 g/mol. The molecule has 0 radical (unpaired) electrons. The van der Waals surface area contributed by atoms with Crippen LogP contribution in [0.25, 0.3) is 11.1 Å². The van der Waals surface area contributed by atoms with Crippen LogP contribution in [-0.4, -0.2) is 18.7 Å². The van der Waals surface area contributed by atoms with Gasteiger partial charge in [0.1, 0.15) is 5.75 Å². The number of benzene rings is 3. The third-order valence-electron chi connectivity index (χ3n) is 3.78. The molecule has 1 amide bonds. The fraction of sp³-hybridized carbons (Fsp3) is 0.0909. The van der Waals surface area contributed by atoms with Crippen molar-refractivity contribution in [1.29, 1.82) is 0 Å². The first-order valence-corrected chi connectivity index (χ1v) is 8.37. The number of hydrogen-bond donors (Lipinski definition) is 1. The minimum absolute atomic E-state index is 0.0757. The molecule has 26 heavy (non-hydrogen) atoms. The lowest BCUT2D eigenvalue weighted by molar-refractivity contribution is -0.123. The van der Waals surface area contributed by atoms with E-state index in [-0.39, 0.29) is 12.5 Å². The SMILES string of the molecule is Cc1cccc(OCC(=O)N/N=C/c2ccc(-c3ccccc3)cc2)c1. The number of amides is 1. The second-order valence-electron chi connectivity index (χ2n) is 5.89. The Balaban J connectivity index is 1.49. The molecule has 130 valence electrons. The van der Waals surface area contributed by atoms with E-state index < -0.39 is 0 Å². The van der Waals surface area contributed by atoms with E-state index in [9.17, 15) is 4.79 Å². The van der Waals surface area contributed by atoms with Crippen molar-refractivity contribution in [3.8, 4) is 16.9 Å². The fourth-order valence-electron chi connectivity index (χ4n) is 2.46. The van der Waals surface area contributed by atoms with E-state index >= 15 is 0 Å². The van der Waals surface area contributed by atoms with Gasteiger partial charge in [-0.3, -0.25) is 4.79 Å². The number of hydrazone groups is 1. The van der Waals surface area contributed by atoms with Crippen molar-refractivity contribution in [2.24, 2.45) is 5.10 Å².